The van der Waals surface area contributed by atoms with Gasteiger partial charge in [-0.15, -0.1) is 0 Å². The maximum absolute atomic E-state index is 13.9. The third-order valence-electron chi connectivity index (χ3n) is 5.69. The van der Waals surface area contributed by atoms with Crippen molar-refractivity contribution >= 4 is 29.0 Å². The van der Waals surface area contributed by atoms with Gasteiger partial charge in [0.25, 0.3) is 5.91 Å². The first-order valence-electron chi connectivity index (χ1n) is 11.2. The Balaban J connectivity index is 1.49. The molecular formula is C26H27FN4O3. The first-order chi connectivity index (χ1) is 16.5. The minimum atomic E-state index is -0.582. The lowest BCUT2D eigenvalue weighted by molar-refractivity contribution is 0.0951. The molecule has 1 heterocycles. The molecule has 3 aromatic carbocycles. The summed E-state index contributed by atoms with van der Waals surface area (Å²) in [4.78, 5) is 27.6. The molecule has 0 spiro atoms. The van der Waals surface area contributed by atoms with Crippen molar-refractivity contribution in [2.45, 2.75) is 19.4 Å². The second-order valence-electron chi connectivity index (χ2n) is 8.02. The number of carbonyl (C=O) groups excluding carboxylic acids is 2. The van der Waals surface area contributed by atoms with Crippen molar-refractivity contribution in [2.75, 3.05) is 35.7 Å². The van der Waals surface area contributed by atoms with E-state index in [4.69, 9.17) is 4.74 Å². The maximum Gasteiger partial charge on any atom is 0.323 e. The van der Waals surface area contributed by atoms with Crippen molar-refractivity contribution in [1.82, 2.24) is 5.32 Å². The number of carbonyl (C=O) groups is 2. The molecule has 4 rings (SSSR count). The smallest absolute Gasteiger partial charge is 0.323 e. The van der Waals surface area contributed by atoms with Gasteiger partial charge in [0, 0.05) is 25.2 Å². The summed E-state index contributed by atoms with van der Waals surface area (Å²) in [5.41, 5.74) is 2.75. The van der Waals surface area contributed by atoms with Crippen molar-refractivity contribution < 1.29 is 18.7 Å². The average molecular weight is 463 g/mol. The highest BCUT2D eigenvalue weighted by molar-refractivity contribution is 6.04. The van der Waals surface area contributed by atoms with Crippen LogP contribution >= 0.6 is 0 Å². The molecule has 0 atom stereocenters. The number of urea groups is 1. The molecule has 0 unspecified atom stereocenters. The fraction of sp³-hybridized carbons (Fsp3) is 0.231. The lowest BCUT2D eigenvalue weighted by Crippen LogP contribution is -2.26. The van der Waals surface area contributed by atoms with Gasteiger partial charge in [-0.2, -0.15) is 0 Å². The Morgan fingerprint density at radius 3 is 2.35 bits per heavy atom. The summed E-state index contributed by atoms with van der Waals surface area (Å²) in [5.74, 6) is -0.0395. The van der Waals surface area contributed by atoms with Gasteiger partial charge in [-0.05, 0) is 60.9 Å². The highest BCUT2D eigenvalue weighted by Crippen LogP contribution is 2.30. The van der Waals surface area contributed by atoms with Gasteiger partial charge in [0.05, 0.1) is 24.2 Å². The number of methoxy groups -OCH3 is 1. The van der Waals surface area contributed by atoms with Crippen LogP contribution in [0, 0.1) is 5.82 Å². The van der Waals surface area contributed by atoms with E-state index in [-0.39, 0.29) is 11.6 Å². The largest absolute Gasteiger partial charge is 0.497 e. The topological polar surface area (TPSA) is 82.7 Å². The van der Waals surface area contributed by atoms with Crippen molar-refractivity contribution in [1.29, 1.82) is 0 Å². The molecule has 7 nitrogen and oxygen atoms in total. The summed E-state index contributed by atoms with van der Waals surface area (Å²) in [5, 5.41) is 8.22. The van der Waals surface area contributed by atoms with Gasteiger partial charge in [-0.1, -0.05) is 24.3 Å². The van der Waals surface area contributed by atoms with Gasteiger partial charge in [-0.25, -0.2) is 9.18 Å². The van der Waals surface area contributed by atoms with Crippen LogP contribution in [0.15, 0.2) is 66.7 Å². The molecule has 3 aromatic rings. The van der Waals surface area contributed by atoms with E-state index in [0.29, 0.717) is 17.8 Å². The third-order valence-corrected chi connectivity index (χ3v) is 5.69. The number of halogens is 1. The zero-order valence-corrected chi connectivity index (χ0v) is 18.9. The van der Waals surface area contributed by atoms with Gasteiger partial charge in [0.15, 0.2) is 0 Å². The molecule has 1 fully saturated rings. The lowest BCUT2D eigenvalue weighted by Gasteiger charge is -2.22. The molecule has 3 amide bonds. The molecule has 0 aliphatic carbocycles. The number of benzene rings is 3. The molecule has 1 aliphatic heterocycles. The Morgan fingerprint density at radius 1 is 0.941 bits per heavy atom. The zero-order chi connectivity index (χ0) is 23.9. The number of para-hydroxylation sites is 1. The van der Waals surface area contributed by atoms with E-state index in [2.05, 4.69) is 20.9 Å². The first-order valence-corrected chi connectivity index (χ1v) is 11.2. The molecule has 8 heteroatoms. The normalized spacial score (nSPS) is 12.8. The van der Waals surface area contributed by atoms with Crippen LogP contribution < -0.4 is 25.6 Å². The molecule has 176 valence electrons. The van der Waals surface area contributed by atoms with Crippen molar-refractivity contribution in [2.24, 2.45) is 0 Å². The van der Waals surface area contributed by atoms with Crippen LogP contribution in [-0.4, -0.2) is 32.1 Å². The SMILES string of the molecule is COc1ccc(CNC(=O)c2ccc(N3CCCC3)c(NC(=O)Nc3ccccc3F)c2)cc1. The summed E-state index contributed by atoms with van der Waals surface area (Å²) >= 11 is 0. The highest BCUT2D eigenvalue weighted by Gasteiger charge is 2.19. The molecule has 0 saturated carbocycles. The second-order valence-corrected chi connectivity index (χ2v) is 8.02. The fourth-order valence-electron chi connectivity index (χ4n) is 3.88. The zero-order valence-electron chi connectivity index (χ0n) is 18.9. The van der Waals surface area contributed by atoms with Gasteiger partial charge < -0.3 is 25.6 Å². The van der Waals surface area contributed by atoms with Crippen molar-refractivity contribution in [3.63, 3.8) is 0 Å². The maximum atomic E-state index is 13.9. The quantitative estimate of drug-likeness (QED) is 0.461. The van der Waals surface area contributed by atoms with Gasteiger partial charge in [0.1, 0.15) is 11.6 Å². The number of hydrogen-bond acceptors (Lipinski definition) is 4. The third kappa shape index (κ3) is 5.64. The molecular weight excluding hydrogens is 435 g/mol. The number of hydrogen-bond donors (Lipinski definition) is 3. The summed E-state index contributed by atoms with van der Waals surface area (Å²) in [6.07, 6.45) is 2.12. The van der Waals surface area contributed by atoms with E-state index < -0.39 is 11.8 Å². The molecule has 1 aliphatic rings. The lowest BCUT2D eigenvalue weighted by atomic mass is 10.1. The Bertz CT molecular complexity index is 1160. The Morgan fingerprint density at radius 2 is 1.65 bits per heavy atom. The summed E-state index contributed by atoms with van der Waals surface area (Å²) in [6.45, 7) is 2.09. The predicted molar refractivity (Wildman–Crippen MR) is 131 cm³/mol. The highest BCUT2D eigenvalue weighted by atomic mass is 19.1. The number of rotatable bonds is 7. The van der Waals surface area contributed by atoms with E-state index in [1.165, 1.54) is 12.1 Å². The van der Waals surface area contributed by atoms with Crippen LogP contribution in [0.4, 0.5) is 26.2 Å². The number of amides is 3. The Labute approximate surface area is 197 Å². The van der Waals surface area contributed by atoms with Crippen LogP contribution in [-0.2, 0) is 6.54 Å². The molecule has 0 bridgehead atoms. The monoisotopic (exact) mass is 462 g/mol. The van der Waals surface area contributed by atoms with Crippen LogP contribution in [0.3, 0.4) is 0 Å². The van der Waals surface area contributed by atoms with E-state index in [1.54, 1.807) is 31.4 Å². The number of nitrogens with zero attached hydrogens (tertiary/aromatic N) is 1. The first kappa shape index (κ1) is 23.1. The molecule has 1 saturated heterocycles. The van der Waals surface area contributed by atoms with Crippen LogP contribution in [0.1, 0.15) is 28.8 Å². The van der Waals surface area contributed by atoms with Crippen molar-refractivity contribution in [3.05, 3.63) is 83.7 Å². The van der Waals surface area contributed by atoms with E-state index >= 15 is 0 Å². The summed E-state index contributed by atoms with van der Waals surface area (Å²) < 4.78 is 19.1. The molecule has 3 N–H and O–H groups in total. The average Bonchev–Trinajstić information content (AvgIpc) is 3.39. The number of anilines is 3. The van der Waals surface area contributed by atoms with Crippen LogP contribution in [0.5, 0.6) is 5.75 Å². The minimum absolute atomic E-state index is 0.0797. The van der Waals surface area contributed by atoms with Crippen LogP contribution in [0.25, 0.3) is 0 Å². The van der Waals surface area contributed by atoms with Crippen molar-refractivity contribution in [3.8, 4) is 5.75 Å². The van der Waals surface area contributed by atoms with Gasteiger partial charge in [0.2, 0.25) is 0 Å². The molecule has 0 radical (unpaired) electrons. The second kappa shape index (κ2) is 10.7. The number of ether oxygens (including phenoxy) is 1. The van der Waals surface area contributed by atoms with Gasteiger partial charge >= 0.3 is 6.03 Å². The molecule has 0 aromatic heterocycles. The minimum Gasteiger partial charge on any atom is -0.497 e. The predicted octanol–water partition coefficient (Wildman–Crippen LogP) is 5.01. The van der Waals surface area contributed by atoms with E-state index in [1.807, 2.05) is 30.3 Å². The van der Waals surface area contributed by atoms with Crippen LogP contribution in [0.2, 0.25) is 0 Å². The fourth-order valence-corrected chi connectivity index (χ4v) is 3.88. The van der Waals surface area contributed by atoms with E-state index in [0.717, 1.165) is 42.9 Å². The standard InChI is InChI=1S/C26H27FN4O3/c1-34-20-11-8-18(9-12-20)17-28-25(32)19-10-13-24(31-14-4-5-15-31)23(16-19)30-26(33)29-22-7-3-2-6-21(22)27/h2-3,6-13,16H,4-5,14-15,17H2,1H3,(H,28,32)(H2,29,30,33). The summed E-state index contributed by atoms with van der Waals surface area (Å²) in [6, 6.07) is 18.1. The Kier molecular flexibility index (Phi) is 7.27. The van der Waals surface area contributed by atoms with E-state index in [9.17, 15) is 14.0 Å². The Hall–Kier alpha value is -4.07. The summed E-state index contributed by atoms with van der Waals surface area (Å²) in [7, 11) is 1.60. The number of nitrogens with one attached hydrogen (secondary N) is 3. The van der Waals surface area contributed by atoms with Gasteiger partial charge in [-0.3, -0.25) is 4.79 Å². The molecule has 34 heavy (non-hydrogen) atoms.